The highest BCUT2D eigenvalue weighted by Gasteiger charge is 2.21. The summed E-state index contributed by atoms with van der Waals surface area (Å²) in [6.07, 6.45) is 2.81. The van der Waals surface area contributed by atoms with E-state index in [0.717, 1.165) is 29.2 Å². The molecule has 1 aromatic heterocycles. The highest BCUT2D eigenvalue weighted by atomic mass is 35.5. The van der Waals surface area contributed by atoms with Crippen LogP contribution in [0.3, 0.4) is 0 Å². The summed E-state index contributed by atoms with van der Waals surface area (Å²) in [6.45, 7) is 2.67. The Balaban J connectivity index is 1.82. The number of benzene rings is 1. The third kappa shape index (κ3) is 2.90. The van der Waals surface area contributed by atoms with Crippen LogP contribution in [0.5, 0.6) is 11.5 Å². The summed E-state index contributed by atoms with van der Waals surface area (Å²) in [7, 11) is 1.68. The summed E-state index contributed by atoms with van der Waals surface area (Å²) in [6, 6.07) is 7.84. The number of rotatable bonds is 4. The molecule has 0 aliphatic carbocycles. The van der Waals surface area contributed by atoms with Crippen LogP contribution in [-0.4, -0.2) is 18.2 Å². The van der Waals surface area contributed by atoms with Crippen molar-refractivity contribution in [3.05, 3.63) is 46.7 Å². The maximum atomic E-state index is 6.05. The number of aromatic nitrogens is 1. The maximum absolute atomic E-state index is 6.05. The second-order valence-electron chi connectivity index (χ2n) is 5.10. The molecule has 0 saturated carbocycles. The zero-order valence-electron chi connectivity index (χ0n) is 12.0. The smallest absolute Gasteiger partial charge is 0.152 e. The molecule has 0 saturated heterocycles. The molecule has 0 radical (unpaired) electrons. The zero-order chi connectivity index (χ0) is 14.8. The fourth-order valence-electron chi connectivity index (χ4n) is 2.52. The van der Waals surface area contributed by atoms with E-state index in [-0.39, 0.29) is 6.10 Å². The number of pyridine rings is 1. The van der Waals surface area contributed by atoms with E-state index in [0.29, 0.717) is 11.7 Å². The van der Waals surface area contributed by atoms with E-state index in [1.165, 1.54) is 5.56 Å². The van der Waals surface area contributed by atoms with E-state index in [4.69, 9.17) is 21.1 Å². The number of halogens is 1. The van der Waals surface area contributed by atoms with Crippen molar-refractivity contribution in [2.75, 3.05) is 12.4 Å². The van der Waals surface area contributed by atoms with Gasteiger partial charge in [-0.15, -0.1) is 0 Å². The van der Waals surface area contributed by atoms with Gasteiger partial charge >= 0.3 is 0 Å². The van der Waals surface area contributed by atoms with Crippen LogP contribution in [0.4, 0.5) is 5.69 Å². The standard InChI is InChI=1S/C16H17ClN2O2/c1-10-6-11-7-14(20-2)12(8-15(11)21-10)9-19-13-4-3-5-18-16(13)17/h3-5,7-8,10,19H,6,9H2,1-2H3. The first-order chi connectivity index (χ1) is 10.2. The molecule has 2 heterocycles. The lowest BCUT2D eigenvalue weighted by Gasteiger charge is -2.13. The van der Waals surface area contributed by atoms with Gasteiger partial charge in [0.1, 0.15) is 17.6 Å². The Hall–Kier alpha value is -1.94. The molecule has 5 heteroatoms. The van der Waals surface area contributed by atoms with Crippen LogP contribution in [0, 0.1) is 0 Å². The van der Waals surface area contributed by atoms with Crippen LogP contribution in [0.1, 0.15) is 18.1 Å². The lowest BCUT2D eigenvalue weighted by molar-refractivity contribution is 0.254. The number of hydrogen-bond acceptors (Lipinski definition) is 4. The predicted octanol–water partition coefficient (Wildman–Crippen LogP) is 3.68. The van der Waals surface area contributed by atoms with Crippen molar-refractivity contribution in [2.45, 2.75) is 26.0 Å². The maximum Gasteiger partial charge on any atom is 0.152 e. The van der Waals surface area contributed by atoms with Crippen molar-refractivity contribution in [1.82, 2.24) is 4.98 Å². The second kappa shape index (κ2) is 5.82. The van der Waals surface area contributed by atoms with Gasteiger partial charge in [-0.25, -0.2) is 4.98 Å². The van der Waals surface area contributed by atoms with Gasteiger partial charge in [-0.3, -0.25) is 0 Å². The molecule has 110 valence electrons. The SMILES string of the molecule is COc1cc2c(cc1CNc1cccnc1Cl)OC(C)C2. The van der Waals surface area contributed by atoms with E-state index < -0.39 is 0 Å². The lowest BCUT2D eigenvalue weighted by atomic mass is 10.1. The molecule has 2 aromatic rings. The van der Waals surface area contributed by atoms with Crippen molar-refractivity contribution in [2.24, 2.45) is 0 Å². The Kier molecular flexibility index (Phi) is 3.88. The van der Waals surface area contributed by atoms with E-state index in [1.54, 1.807) is 13.3 Å². The monoisotopic (exact) mass is 304 g/mol. The number of ether oxygens (including phenoxy) is 2. The van der Waals surface area contributed by atoms with Gasteiger partial charge in [0.05, 0.1) is 12.8 Å². The molecule has 0 spiro atoms. The lowest BCUT2D eigenvalue weighted by Crippen LogP contribution is -2.05. The molecule has 21 heavy (non-hydrogen) atoms. The quantitative estimate of drug-likeness (QED) is 0.875. The Bertz CT molecular complexity index is 661. The van der Waals surface area contributed by atoms with Gasteiger partial charge in [-0.1, -0.05) is 11.6 Å². The first-order valence-corrected chi connectivity index (χ1v) is 7.26. The third-order valence-corrected chi connectivity index (χ3v) is 3.83. The van der Waals surface area contributed by atoms with Crippen LogP contribution in [0.15, 0.2) is 30.5 Å². The van der Waals surface area contributed by atoms with Crippen molar-refractivity contribution in [3.63, 3.8) is 0 Å². The highest BCUT2D eigenvalue weighted by molar-refractivity contribution is 6.31. The molecule has 0 bridgehead atoms. The topological polar surface area (TPSA) is 43.4 Å². The minimum Gasteiger partial charge on any atom is -0.496 e. The predicted molar refractivity (Wildman–Crippen MR) is 83.4 cm³/mol. The number of nitrogens with zero attached hydrogens (tertiary/aromatic N) is 1. The molecule has 1 atom stereocenters. The van der Waals surface area contributed by atoms with Gasteiger partial charge in [-0.2, -0.15) is 0 Å². The zero-order valence-corrected chi connectivity index (χ0v) is 12.8. The molecule has 0 amide bonds. The number of methoxy groups -OCH3 is 1. The number of nitrogens with one attached hydrogen (secondary N) is 1. The summed E-state index contributed by atoms with van der Waals surface area (Å²) in [5.41, 5.74) is 3.03. The van der Waals surface area contributed by atoms with E-state index in [9.17, 15) is 0 Å². The first-order valence-electron chi connectivity index (χ1n) is 6.88. The number of hydrogen-bond donors (Lipinski definition) is 1. The van der Waals surface area contributed by atoms with E-state index in [2.05, 4.69) is 23.3 Å². The summed E-state index contributed by atoms with van der Waals surface area (Å²) < 4.78 is 11.3. The first kappa shape index (κ1) is 14.0. The molecule has 1 aliphatic rings. The fourth-order valence-corrected chi connectivity index (χ4v) is 2.70. The minimum atomic E-state index is 0.223. The number of fused-ring (bicyclic) bond motifs is 1. The average molecular weight is 305 g/mol. The molecule has 4 nitrogen and oxygen atoms in total. The Morgan fingerprint density at radius 1 is 1.48 bits per heavy atom. The van der Waals surface area contributed by atoms with Gasteiger partial charge in [-0.05, 0) is 31.2 Å². The van der Waals surface area contributed by atoms with Gasteiger partial charge < -0.3 is 14.8 Å². The van der Waals surface area contributed by atoms with Gasteiger partial charge in [0.2, 0.25) is 0 Å². The highest BCUT2D eigenvalue weighted by Crippen LogP contribution is 2.35. The van der Waals surface area contributed by atoms with Crippen molar-refractivity contribution in [3.8, 4) is 11.5 Å². The summed E-state index contributed by atoms with van der Waals surface area (Å²) in [4.78, 5) is 4.05. The van der Waals surface area contributed by atoms with Gasteiger partial charge in [0.15, 0.2) is 5.15 Å². The van der Waals surface area contributed by atoms with Crippen LogP contribution in [-0.2, 0) is 13.0 Å². The van der Waals surface area contributed by atoms with Crippen LogP contribution in [0.2, 0.25) is 5.15 Å². The van der Waals surface area contributed by atoms with Gasteiger partial charge in [0.25, 0.3) is 0 Å². The summed E-state index contributed by atoms with van der Waals surface area (Å²) in [5, 5.41) is 3.74. The second-order valence-corrected chi connectivity index (χ2v) is 5.46. The molecule has 1 aliphatic heterocycles. The van der Waals surface area contributed by atoms with Crippen LogP contribution < -0.4 is 14.8 Å². The van der Waals surface area contributed by atoms with Crippen LogP contribution in [0.25, 0.3) is 0 Å². The Labute approximate surface area is 129 Å². The Morgan fingerprint density at radius 2 is 2.33 bits per heavy atom. The van der Waals surface area contributed by atoms with Gasteiger partial charge in [0, 0.05) is 30.3 Å². The average Bonchev–Trinajstić information content (AvgIpc) is 2.84. The molecule has 1 unspecified atom stereocenters. The normalized spacial score (nSPS) is 16.2. The van der Waals surface area contributed by atoms with E-state index >= 15 is 0 Å². The van der Waals surface area contributed by atoms with Crippen molar-refractivity contribution in [1.29, 1.82) is 0 Å². The minimum absolute atomic E-state index is 0.223. The molecular formula is C16H17ClN2O2. The molecular weight excluding hydrogens is 288 g/mol. The Morgan fingerprint density at radius 3 is 3.10 bits per heavy atom. The summed E-state index contributed by atoms with van der Waals surface area (Å²) in [5.74, 6) is 1.80. The molecule has 1 N–H and O–H groups in total. The van der Waals surface area contributed by atoms with Crippen molar-refractivity contribution < 1.29 is 9.47 Å². The molecule has 1 aromatic carbocycles. The fraction of sp³-hybridized carbons (Fsp3) is 0.312. The van der Waals surface area contributed by atoms with Crippen LogP contribution >= 0.6 is 11.6 Å². The molecule has 3 rings (SSSR count). The largest absolute Gasteiger partial charge is 0.496 e. The van der Waals surface area contributed by atoms with Crippen molar-refractivity contribution >= 4 is 17.3 Å². The molecule has 0 fully saturated rings. The third-order valence-electron chi connectivity index (χ3n) is 3.53. The summed E-state index contributed by atoms with van der Waals surface area (Å²) >= 11 is 6.05. The number of anilines is 1. The van der Waals surface area contributed by atoms with E-state index in [1.807, 2.05) is 18.2 Å².